The lowest BCUT2D eigenvalue weighted by atomic mass is 10.4. The minimum Gasteiger partial charge on any atom is -0.481 e. The quantitative estimate of drug-likeness (QED) is 0.822. The van der Waals surface area contributed by atoms with E-state index in [1.165, 1.54) is 0 Å². The van der Waals surface area contributed by atoms with E-state index < -0.39 is 0 Å². The van der Waals surface area contributed by atoms with Crippen LogP contribution in [0.25, 0.3) is 11.2 Å². The Hall–Kier alpha value is -1.82. The van der Waals surface area contributed by atoms with Crippen LogP contribution in [0.5, 0.6) is 5.88 Å². The first-order valence-electron chi connectivity index (χ1n) is 5.40. The zero-order chi connectivity index (χ0) is 13.1. The maximum Gasteiger partial charge on any atom is 0.219 e. The number of alkyl halides is 1. The number of amides is 1. The topological polar surface area (TPSA) is 83.0 Å². The van der Waals surface area contributed by atoms with E-state index in [2.05, 4.69) is 9.97 Å². The standard InChI is InChI=1S/C11H13ClN4O2/c1-18-10-3-2-7-11(15-10)16(5-4-8(13)17)9(6-12)14-7/h2-3H,4-6H2,1H3,(H2,13,17). The molecular weight excluding hydrogens is 256 g/mol. The minimum absolute atomic E-state index is 0.217. The Bertz CT molecular complexity index is 582. The molecule has 0 radical (unpaired) electrons. The molecule has 2 heterocycles. The Morgan fingerprint density at radius 3 is 2.89 bits per heavy atom. The van der Waals surface area contributed by atoms with Crippen LogP contribution in [0.15, 0.2) is 12.1 Å². The first kappa shape index (κ1) is 12.6. The Balaban J connectivity index is 2.48. The van der Waals surface area contributed by atoms with Crippen LogP contribution in [0.3, 0.4) is 0 Å². The maximum absolute atomic E-state index is 10.9. The molecule has 0 bridgehead atoms. The van der Waals surface area contributed by atoms with Crippen molar-refractivity contribution in [1.82, 2.24) is 14.5 Å². The average molecular weight is 269 g/mol. The predicted octanol–water partition coefficient (Wildman–Crippen LogP) is 1.05. The highest BCUT2D eigenvalue weighted by Crippen LogP contribution is 2.19. The van der Waals surface area contributed by atoms with Crippen LogP contribution in [0.2, 0.25) is 0 Å². The summed E-state index contributed by atoms with van der Waals surface area (Å²) >= 11 is 5.83. The van der Waals surface area contributed by atoms with Crippen molar-refractivity contribution < 1.29 is 9.53 Å². The van der Waals surface area contributed by atoms with Gasteiger partial charge in [-0.15, -0.1) is 11.6 Å². The third kappa shape index (κ3) is 2.38. The molecule has 2 rings (SSSR count). The van der Waals surface area contributed by atoms with E-state index >= 15 is 0 Å². The average Bonchev–Trinajstić information content (AvgIpc) is 2.72. The molecule has 6 nitrogen and oxygen atoms in total. The molecule has 0 unspecified atom stereocenters. The van der Waals surface area contributed by atoms with Gasteiger partial charge in [-0.2, -0.15) is 4.98 Å². The summed E-state index contributed by atoms with van der Waals surface area (Å²) in [6, 6.07) is 3.53. The van der Waals surface area contributed by atoms with Crippen LogP contribution in [0, 0.1) is 0 Å². The number of carbonyl (C=O) groups excluding carboxylic acids is 1. The molecule has 0 atom stereocenters. The Kier molecular flexibility index (Phi) is 3.66. The van der Waals surface area contributed by atoms with Crippen molar-refractivity contribution >= 4 is 28.7 Å². The molecule has 0 spiro atoms. The number of aryl methyl sites for hydroxylation is 1. The first-order chi connectivity index (χ1) is 8.65. The van der Waals surface area contributed by atoms with Gasteiger partial charge in [0.15, 0.2) is 5.65 Å². The number of hydrogen-bond acceptors (Lipinski definition) is 4. The van der Waals surface area contributed by atoms with Gasteiger partial charge < -0.3 is 15.0 Å². The second-order valence-corrected chi connectivity index (χ2v) is 3.99. The number of primary amides is 1. The number of rotatable bonds is 5. The maximum atomic E-state index is 10.9. The van der Waals surface area contributed by atoms with Crippen molar-refractivity contribution in [2.75, 3.05) is 7.11 Å². The van der Waals surface area contributed by atoms with E-state index in [1.54, 1.807) is 23.8 Å². The highest BCUT2D eigenvalue weighted by atomic mass is 35.5. The van der Waals surface area contributed by atoms with E-state index in [4.69, 9.17) is 22.1 Å². The zero-order valence-corrected chi connectivity index (χ0v) is 10.6. The van der Waals surface area contributed by atoms with Gasteiger partial charge in [-0.3, -0.25) is 4.79 Å². The largest absolute Gasteiger partial charge is 0.481 e. The summed E-state index contributed by atoms with van der Waals surface area (Å²) in [6.45, 7) is 0.411. The van der Waals surface area contributed by atoms with Crippen LogP contribution in [0.4, 0.5) is 0 Å². The number of ether oxygens (including phenoxy) is 1. The number of pyridine rings is 1. The highest BCUT2D eigenvalue weighted by Gasteiger charge is 2.12. The van der Waals surface area contributed by atoms with E-state index in [0.29, 0.717) is 23.9 Å². The number of methoxy groups -OCH3 is 1. The minimum atomic E-state index is -0.375. The van der Waals surface area contributed by atoms with Crippen molar-refractivity contribution in [2.24, 2.45) is 5.73 Å². The summed E-state index contributed by atoms with van der Waals surface area (Å²) < 4.78 is 6.86. The molecule has 0 aliphatic heterocycles. The van der Waals surface area contributed by atoms with Crippen molar-refractivity contribution in [3.8, 4) is 5.88 Å². The fourth-order valence-corrected chi connectivity index (χ4v) is 1.91. The number of nitrogens with two attached hydrogens (primary N) is 1. The molecule has 0 aliphatic carbocycles. The van der Waals surface area contributed by atoms with Gasteiger partial charge in [0.1, 0.15) is 11.3 Å². The number of fused-ring (bicyclic) bond motifs is 1. The monoisotopic (exact) mass is 268 g/mol. The molecule has 7 heteroatoms. The van der Waals surface area contributed by atoms with Gasteiger partial charge in [0.25, 0.3) is 0 Å². The molecule has 1 amide bonds. The Labute approximate surface area is 109 Å². The number of imidazole rings is 1. The summed E-state index contributed by atoms with van der Waals surface area (Å²) in [7, 11) is 1.54. The molecule has 0 aliphatic rings. The van der Waals surface area contributed by atoms with E-state index in [9.17, 15) is 4.79 Å². The summed E-state index contributed by atoms with van der Waals surface area (Å²) in [4.78, 5) is 19.5. The Morgan fingerprint density at radius 1 is 1.50 bits per heavy atom. The number of halogens is 1. The molecule has 0 fully saturated rings. The van der Waals surface area contributed by atoms with E-state index in [-0.39, 0.29) is 18.2 Å². The molecule has 0 saturated carbocycles. The fourth-order valence-electron chi connectivity index (χ4n) is 1.70. The predicted molar refractivity (Wildman–Crippen MR) is 67.4 cm³/mol. The number of hydrogen-bond donors (Lipinski definition) is 1. The molecule has 18 heavy (non-hydrogen) atoms. The van der Waals surface area contributed by atoms with Crippen molar-refractivity contribution in [1.29, 1.82) is 0 Å². The van der Waals surface area contributed by atoms with Crippen LogP contribution < -0.4 is 10.5 Å². The Morgan fingerprint density at radius 2 is 2.28 bits per heavy atom. The van der Waals surface area contributed by atoms with Gasteiger partial charge in [0.05, 0.1) is 13.0 Å². The van der Waals surface area contributed by atoms with Crippen molar-refractivity contribution in [2.45, 2.75) is 18.8 Å². The third-order valence-corrected chi connectivity index (χ3v) is 2.80. The molecule has 2 aromatic heterocycles. The molecule has 2 aromatic rings. The van der Waals surface area contributed by atoms with Gasteiger partial charge in [-0.25, -0.2) is 4.98 Å². The third-order valence-electron chi connectivity index (χ3n) is 2.56. The van der Waals surface area contributed by atoms with Gasteiger partial charge in [0.2, 0.25) is 11.8 Å². The van der Waals surface area contributed by atoms with Crippen molar-refractivity contribution in [3.05, 3.63) is 18.0 Å². The lowest BCUT2D eigenvalue weighted by molar-refractivity contribution is -0.118. The summed E-state index contributed by atoms with van der Waals surface area (Å²) in [5.74, 6) is 1.02. The summed E-state index contributed by atoms with van der Waals surface area (Å²) in [5, 5.41) is 0. The number of nitrogens with zero attached hydrogens (tertiary/aromatic N) is 3. The van der Waals surface area contributed by atoms with Crippen LogP contribution >= 0.6 is 11.6 Å². The fraction of sp³-hybridized carbons (Fsp3) is 0.364. The number of carbonyl (C=O) groups is 1. The van der Waals surface area contributed by atoms with Crippen LogP contribution in [-0.4, -0.2) is 27.6 Å². The van der Waals surface area contributed by atoms with Crippen LogP contribution in [-0.2, 0) is 17.2 Å². The first-order valence-corrected chi connectivity index (χ1v) is 5.93. The highest BCUT2D eigenvalue weighted by molar-refractivity contribution is 6.16. The van der Waals surface area contributed by atoms with Crippen molar-refractivity contribution in [3.63, 3.8) is 0 Å². The normalized spacial score (nSPS) is 10.8. The molecule has 0 aromatic carbocycles. The molecule has 96 valence electrons. The molecule has 2 N–H and O–H groups in total. The van der Waals surface area contributed by atoms with E-state index in [0.717, 1.165) is 5.52 Å². The summed E-state index contributed by atoms with van der Waals surface area (Å²) in [5.41, 5.74) is 6.51. The van der Waals surface area contributed by atoms with Gasteiger partial charge >= 0.3 is 0 Å². The lowest BCUT2D eigenvalue weighted by Gasteiger charge is -2.05. The zero-order valence-electron chi connectivity index (χ0n) is 9.89. The summed E-state index contributed by atoms with van der Waals surface area (Å²) in [6.07, 6.45) is 0.217. The van der Waals surface area contributed by atoms with E-state index in [1.807, 2.05) is 0 Å². The van der Waals surface area contributed by atoms with Gasteiger partial charge in [-0.1, -0.05) is 0 Å². The number of aromatic nitrogens is 3. The molecule has 0 saturated heterocycles. The smallest absolute Gasteiger partial charge is 0.219 e. The second-order valence-electron chi connectivity index (χ2n) is 3.73. The van der Waals surface area contributed by atoms with Gasteiger partial charge in [-0.05, 0) is 6.07 Å². The van der Waals surface area contributed by atoms with Crippen LogP contribution in [0.1, 0.15) is 12.2 Å². The lowest BCUT2D eigenvalue weighted by Crippen LogP contribution is -2.15. The second kappa shape index (κ2) is 5.22. The SMILES string of the molecule is COc1ccc2nc(CCl)n(CCC(N)=O)c2n1. The van der Waals surface area contributed by atoms with Gasteiger partial charge in [0, 0.05) is 19.0 Å². The molecular formula is C11H13ClN4O2.